The molecule has 8 aromatic carbocycles. The standard InChI is InChI=1S/C51H37N3O/c1-5-16-34(17-6-1)40-29-41(35-18-7-2-8-19-35)31-42(30-40)38-24-15-25-39(28-38)45-32-43(33-47-48(45)44-26-13-14-27-46(44)55-47)51-53-49(36-20-9-3-10-21-36)52-50(54-51)37-22-11-4-12-23-37/h1-33,49-50,52H,(H,53,54). The van der Waals surface area contributed by atoms with Gasteiger partial charge < -0.3 is 9.73 Å². The number of aliphatic imine (C=N–C) groups is 1. The van der Waals surface area contributed by atoms with E-state index in [1.807, 2.05) is 24.3 Å². The summed E-state index contributed by atoms with van der Waals surface area (Å²) in [6.07, 6.45) is -0.385. The van der Waals surface area contributed by atoms with Crippen molar-refractivity contribution in [3.05, 3.63) is 217 Å². The molecule has 4 nitrogen and oxygen atoms in total. The van der Waals surface area contributed by atoms with Gasteiger partial charge in [0.2, 0.25) is 0 Å². The Morgan fingerprint density at radius 1 is 0.400 bits per heavy atom. The van der Waals surface area contributed by atoms with Gasteiger partial charge in [-0.05, 0) is 98.1 Å². The fraction of sp³-hybridized carbons (Fsp3) is 0.0392. The van der Waals surface area contributed by atoms with E-state index in [4.69, 9.17) is 9.41 Å². The summed E-state index contributed by atoms with van der Waals surface area (Å²) in [4.78, 5) is 5.29. The molecule has 0 fully saturated rings. The van der Waals surface area contributed by atoms with E-state index in [0.29, 0.717) is 0 Å². The molecule has 0 radical (unpaired) electrons. The number of nitrogens with zero attached hydrogens (tertiary/aromatic N) is 1. The largest absolute Gasteiger partial charge is 0.456 e. The second kappa shape index (κ2) is 14.1. The van der Waals surface area contributed by atoms with E-state index < -0.39 is 0 Å². The second-order valence-electron chi connectivity index (χ2n) is 14.1. The smallest absolute Gasteiger partial charge is 0.136 e. The molecule has 55 heavy (non-hydrogen) atoms. The molecule has 0 amide bonds. The summed E-state index contributed by atoms with van der Waals surface area (Å²) < 4.78 is 6.61. The Balaban J connectivity index is 1.14. The van der Waals surface area contributed by atoms with Gasteiger partial charge in [-0.2, -0.15) is 0 Å². The Hall–Kier alpha value is -7.01. The first-order valence-electron chi connectivity index (χ1n) is 18.8. The van der Waals surface area contributed by atoms with Gasteiger partial charge in [-0.25, -0.2) is 4.99 Å². The van der Waals surface area contributed by atoms with Crippen LogP contribution in [0.4, 0.5) is 0 Å². The van der Waals surface area contributed by atoms with E-state index >= 15 is 0 Å². The Kier molecular flexibility index (Phi) is 8.36. The highest BCUT2D eigenvalue weighted by Gasteiger charge is 2.26. The molecule has 9 aromatic rings. The molecule has 2 unspecified atom stereocenters. The minimum absolute atomic E-state index is 0.146. The zero-order chi connectivity index (χ0) is 36.6. The van der Waals surface area contributed by atoms with E-state index in [-0.39, 0.29) is 12.3 Å². The van der Waals surface area contributed by atoms with E-state index in [1.54, 1.807) is 0 Å². The lowest BCUT2D eigenvalue weighted by atomic mass is 9.91. The summed E-state index contributed by atoms with van der Waals surface area (Å²) in [5.41, 5.74) is 14.1. The van der Waals surface area contributed by atoms with Crippen LogP contribution in [0.1, 0.15) is 29.0 Å². The summed E-state index contributed by atoms with van der Waals surface area (Å²) >= 11 is 0. The number of furan rings is 1. The van der Waals surface area contributed by atoms with E-state index in [9.17, 15) is 0 Å². The van der Waals surface area contributed by atoms with Crippen LogP contribution in [-0.4, -0.2) is 5.84 Å². The predicted octanol–water partition coefficient (Wildman–Crippen LogP) is 12.6. The second-order valence-corrected chi connectivity index (χ2v) is 14.1. The van der Waals surface area contributed by atoms with Gasteiger partial charge in [-0.1, -0.05) is 158 Å². The maximum Gasteiger partial charge on any atom is 0.136 e. The molecule has 2 atom stereocenters. The molecule has 10 rings (SSSR count). The van der Waals surface area contributed by atoms with Gasteiger partial charge in [0.1, 0.15) is 29.3 Å². The van der Waals surface area contributed by atoms with Crippen LogP contribution in [0.15, 0.2) is 210 Å². The third-order valence-corrected chi connectivity index (χ3v) is 10.5. The number of rotatable bonds is 7. The maximum absolute atomic E-state index is 6.61. The van der Waals surface area contributed by atoms with Crippen molar-refractivity contribution in [1.29, 1.82) is 0 Å². The number of para-hydroxylation sites is 1. The fourth-order valence-corrected chi connectivity index (χ4v) is 7.80. The van der Waals surface area contributed by atoms with Crippen LogP contribution in [0, 0.1) is 0 Å². The normalized spacial score (nSPS) is 15.5. The Morgan fingerprint density at radius 2 is 0.927 bits per heavy atom. The molecule has 0 bridgehead atoms. The van der Waals surface area contributed by atoms with Crippen molar-refractivity contribution in [3.63, 3.8) is 0 Å². The molecule has 0 saturated heterocycles. The average Bonchev–Trinajstić information content (AvgIpc) is 3.66. The molecule has 1 aliphatic rings. The Morgan fingerprint density at radius 3 is 1.60 bits per heavy atom. The maximum atomic E-state index is 6.61. The van der Waals surface area contributed by atoms with Crippen molar-refractivity contribution in [2.45, 2.75) is 12.3 Å². The molecular weight excluding hydrogens is 671 g/mol. The van der Waals surface area contributed by atoms with Crippen LogP contribution < -0.4 is 10.6 Å². The minimum atomic E-state index is -0.239. The summed E-state index contributed by atoms with van der Waals surface area (Å²) in [5.74, 6) is 0.810. The van der Waals surface area contributed by atoms with E-state index in [0.717, 1.165) is 66.7 Å². The molecule has 262 valence electrons. The summed E-state index contributed by atoms with van der Waals surface area (Å²) in [6, 6.07) is 70.7. The first-order valence-corrected chi connectivity index (χ1v) is 18.8. The number of nitrogens with one attached hydrogen (secondary N) is 2. The predicted molar refractivity (Wildman–Crippen MR) is 227 cm³/mol. The number of hydrogen-bond donors (Lipinski definition) is 2. The van der Waals surface area contributed by atoms with Crippen molar-refractivity contribution in [1.82, 2.24) is 10.6 Å². The SMILES string of the molecule is c1ccc(-c2cc(-c3ccccc3)cc(-c3cccc(-c4cc(C5=NC(c6ccccc6)NC(c6ccccc6)N5)cc5oc6ccccc6c45)c3)c2)cc1. The van der Waals surface area contributed by atoms with Crippen molar-refractivity contribution in [2.75, 3.05) is 0 Å². The van der Waals surface area contributed by atoms with Crippen LogP contribution in [0.25, 0.3) is 66.4 Å². The first-order chi connectivity index (χ1) is 27.2. The number of fused-ring (bicyclic) bond motifs is 3. The quantitative estimate of drug-likeness (QED) is 0.173. The van der Waals surface area contributed by atoms with Crippen LogP contribution in [-0.2, 0) is 0 Å². The molecule has 2 heterocycles. The summed E-state index contributed by atoms with van der Waals surface area (Å²) in [7, 11) is 0. The molecule has 0 aliphatic carbocycles. The molecule has 4 heteroatoms. The lowest BCUT2D eigenvalue weighted by Crippen LogP contribution is -2.44. The fourth-order valence-electron chi connectivity index (χ4n) is 7.80. The lowest BCUT2D eigenvalue weighted by Gasteiger charge is -2.32. The molecule has 0 saturated carbocycles. The highest BCUT2D eigenvalue weighted by molar-refractivity contribution is 6.15. The zero-order valence-electron chi connectivity index (χ0n) is 30.1. The van der Waals surface area contributed by atoms with Crippen LogP contribution >= 0.6 is 0 Å². The highest BCUT2D eigenvalue weighted by Crippen LogP contribution is 2.40. The Bertz CT molecular complexity index is 2750. The first kappa shape index (κ1) is 32.6. The minimum Gasteiger partial charge on any atom is -0.456 e. The van der Waals surface area contributed by atoms with Gasteiger partial charge in [-0.3, -0.25) is 5.32 Å². The number of amidine groups is 1. The van der Waals surface area contributed by atoms with E-state index in [2.05, 4.69) is 187 Å². The Labute approximate surface area is 320 Å². The monoisotopic (exact) mass is 707 g/mol. The van der Waals surface area contributed by atoms with Gasteiger partial charge in [0.15, 0.2) is 0 Å². The van der Waals surface area contributed by atoms with Crippen LogP contribution in [0.2, 0.25) is 0 Å². The van der Waals surface area contributed by atoms with Gasteiger partial charge >= 0.3 is 0 Å². The lowest BCUT2D eigenvalue weighted by molar-refractivity contribution is 0.409. The summed E-state index contributed by atoms with van der Waals surface area (Å²) in [5, 5.41) is 9.65. The van der Waals surface area contributed by atoms with E-state index in [1.165, 1.54) is 22.3 Å². The number of benzene rings is 8. The summed E-state index contributed by atoms with van der Waals surface area (Å²) in [6.45, 7) is 0. The molecular formula is C51H37N3O. The van der Waals surface area contributed by atoms with Gasteiger partial charge in [-0.15, -0.1) is 0 Å². The van der Waals surface area contributed by atoms with Crippen molar-refractivity contribution < 1.29 is 4.42 Å². The van der Waals surface area contributed by atoms with Crippen LogP contribution in [0.3, 0.4) is 0 Å². The third kappa shape index (κ3) is 6.39. The van der Waals surface area contributed by atoms with Gasteiger partial charge in [0.25, 0.3) is 0 Å². The molecule has 1 aromatic heterocycles. The average molecular weight is 708 g/mol. The topological polar surface area (TPSA) is 49.6 Å². The third-order valence-electron chi connectivity index (χ3n) is 10.5. The highest BCUT2D eigenvalue weighted by atomic mass is 16.3. The van der Waals surface area contributed by atoms with Crippen LogP contribution in [0.5, 0.6) is 0 Å². The molecule has 2 N–H and O–H groups in total. The molecule has 0 spiro atoms. The van der Waals surface area contributed by atoms with Crippen molar-refractivity contribution >= 4 is 27.8 Å². The van der Waals surface area contributed by atoms with Gasteiger partial charge in [0, 0.05) is 16.3 Å². The molecule has 1 aliphatic heterocycles. The van der Waals surface area contributed by atoms with Crippen molar-refractivity contribution in [2.24, 2.45) is 4.99 Å². The van der Waals surface area contributed by atoms with Gasteiger partial charge in [0.05, 0.1) is 0 Å². The van der Waals surface area contributed by atoms with Crippen molar-refractivity contribution in [3.8, 4) is 44.5 Å². The zero-order valence-corrected chi connectivity index (χ0v) is 30.1. The number of hydrogen-bond acceptors (Lipinski definition) is 4.